The minimum absolute atomic E-state index is 0.399. The Labute approximate surface area is 176 Å². The van der Waals surface area contributed by atoms with Crippen molar-refractivity contribution in [2.24, 2.45) is 0 Å². The van der Waals surface area contributed by atoms with Crippen LogP contribution >= 0.6 is 0 Å². The SMILES string of the molecule is CCO[Si](CCCCCC/C(=C\c1ccccc1OC)C(=O)O)(OCC)OCC. The van der Waals surface area contributed by atoms with Gasteiger partial charge in [-0.2, -0.15) is 0 Å². The van der Waals surface area contributed by atoms with Gasteiger partial charge in [0.1, 0.15) is 5.75 Å². The van der Waals surface area contributed by atoms with Crippen molar-refractivity contribution in [2.75, 3.05) is 26.9 Å². The molecule has 0 spiro atoms. The van der Waals surface area contributed by atoms with Crippen LogP contribution < -0.4 is 4.74 Å². The standard InChI is InChI=1S/C22H36O6Si/c1-5-26-29(27-6-2,28-7-3)17-13-9-8-10-15-20(22(23)24)18-19-14-11-12-16-21(19)25-4/h11-12,14,16,18H,5-10,13,15,17H2,1-4H3,(H,23,24)/b20-18+. The number of methoxy groups -OCH3 is 1. The predicted molar refractivity (Wildman–Crippen MR) is 117 cm³/mol. The van der Waals surface area contributed by atoms with E-state index in [-0.39, 0.29) is 0 Å². The minimum atomic E-state index is -2.58. The maximum absolute atomic E-state index is 11.6. The van der Waals surface area contributed by atoms with E-state index in [1.807, 2.05) is 45.0 Å². The van der Waals surface area contributed by atoms with Crippen LogP contribution in [0.4, 0.5) is 0 Å². The Bertz CT molecular complexity index is 614. The molecule has 6 nitrogen and oxygen atoms in total. The van der Waals surface area contributed by atoms with Crippen LogP contribution in [0.15, 0.2) is 29.8 Å². The van der Waals surface area contributed by atoms with E-state index in [0.717, 1.165) is 37.3 Å². The molecule has 0 saturated carbocycles. The maximum Gasteiger partial charge on any atom is 0.500 e. The van der Waals surface area contributed by atoms with Crippen LogP contribution in [0.2, 0.25) is 6.04 Å². The fourth-order valence-corrected chi connectivity index (χ4v) is 5.91. The molecule has 0 amide bonds. The summed E-state index contributed by atoms with van der Waals surface area (Å²) in [5, 5.41) is 9.53. The minimum Gasteiger partial charge on any atom is -0.496 e. The highest BCUT2D eigenvalue weighted by molar-refractivity contribution is 6.60. The van der Waals surface area contributed by atoms with Crippen molar-refractivity contribution in [1.82, 2.24) is 0 Å². The second-order valence-corrected chi connectivity index (χ2v) is 9.34. The average Bonchev–Trinajstić information content (AvgIpc) is 2.70. The Kier molecular flexibility index (Phi) is 12.5. The number of benzene rings is 1. The van der Waals surface area contributed by atoms with E-state index in [1.165, 1.54) is 0 Å². The molecule has 0 unspecified atom stereocenters. The number of hydrogen-bond acceptors (Lipinski definition) is 5. The molecular formula is C22H36O6Si. The third-order valence-electron chi connectivity index (χ3n) is 4.52. The zero-order valence-electron chi connectivity index (χ0n) is 18.2. The van der Waals surface area contributed by atoms with Gasteiger partial charge in [0.15, 0.2) is 0 Å². The molecule has 0 radical (unpaired) electrons. The van der Waals surface area contributed by atoms with Gasteiger partial charge < -0.3 is 23.1 Å². The molecule has 164 valence electrons. The van der Waals surface area contributed by atoms with Crippen LogP contribution in [0, 0.1) is 0 Å². The van der Waals surface area contributed by atoms with Crippen molar-refractivity contribution in [3.63, 3.8) is 0 Å². The van der Waals surface area contributed by atoms with Gasteiger partial charge in [-0.05, 0) is 52.2 Å². The van der Waals surface area contributed by atoms with Gasteiger partial charge in [-0.25, -0.2) is 4.79 Å². The highest BCUT2D eigenvalue weighted by Gasteiger charge is 2.39. The van der Waals surface area contributed by atoms with Gasteiger partial charge in [-0.3, -0.25) is 0 Å². The van der Waals surface area contributed by atoms with Crippen molar-refractivity contribution in [2.45, 2.75) is 58.9 Å². The summed E-state index contributed by atoms with van der Waals surface area (Å²) < 4.78 is 22.9. The molecule has 0 aliphatic heterocycles. The predicted octanol–water partition coefficient (Wildman–Crippen LogP) is 5.16. The summed E-state index contributed by atoms with van der Waals surface area (Å²) in [7, 11) is -0.990. The quantitative estimate of drug-likeness (QED) is 0.224. The van der Waals surface area contributed by atoms with Gasteiger partial charge in [-0.1, -0.05) is 31.0 Å². The summed E-state index contributed by atoms with van der Waals surface area (Å²) in [5.74, 6) is -0.207. The number of unbranched alkanes of at least 4 members (excludes halogenated alkanes) is 3. The van der Waals surface area contributed by atoms with E-state index < -0.39 is 14.8 Å². The molecule has 1 aromatic rings. The lowest BCUT2D eigenvalue weighted by molar-refractivity contribution is -0.132. The topological polar surface area (TPSA) is 74.2 Å². The molecule has 0 aliphatic carbocycles. The Morgan fingerprint density at radius 2 is 1.55 bits per heavy atom. The first-order valence-corrected chi connectivity index (χ1v) is 12.4. The number of aliphatic carboxylic acids is 1. The fourth-order valence-electron chi connectivity index (χ4n) is 3.23. The zero-order chi connectivity index (χ0) is 21.5. The fraction of sp³-hybridized carbons (Fsp3) is 0.591. The van der Waals surface area contributed by atoms with E-state index in [2.05, 4.69) is 0 Å². The molecule has 1 aromatic carbocycles. The molecule has 1 rings (SSSR count). The Hall–Kier alpha value is -1.67. The second kappa shape index (κ2) is 14.3. The van der Waals surface area contributed by atoms with Gasteiger partial charge in [0, 0.05) is 37.0 Å². The third kappa shape index (κ3) is 9.12. The molecular weight excluding hydrogens is 388 g/mol. The number of ether oxygens (including phenoxy) is 1. The molecule has 29 heavy (non-hydrogen) atoms. The van der Waals surface area contributed by atoms with Crippen LogP contribution in [0.3, 0.4) is 0 Å². The summed E-state index contributed by atoms with van der Waals surface area (Å²) in [4.78, 5) is 11.6. The smallest absolute Gasteiger partial charge is 0.496 e. The van der Waals surface area contributed by atoms with E-state index in [9.17, 15) is 9.90 Å². The first-order valence-electron chi connectivity index (χ1n) is 10.5. The number of hydrogen-bond donors (Lipinski definition) is 1. The van der Waals surface area contributed by atoms with Crippen molar-refractivity contribution in [3.05, 3.63) is 35.4 Å². The molecule has 0 heterocycles. The van der Waals surface area contributed by atoms with Crippen LogP contribution in [0.5, 0.6) is 5.75 Å². The van der Waals surface area contributed by atoms with Crippen LogP contribution in [0.25, 0.3) is 6.08 Å². The average molecular weight is 425 g/mol. The lowest BCUT2D eigenvalue weighted by Gasteiger charge is -2.28. The lowest BCUT2D eigenvalue weighted by Crippen LogP contribution is -2.45. The van der Waals surface area contributed by atoms with Gasteiger partial charge in [0.05, 0.1) is 7.11 Å². The van der Waals surface area contributed by atoms with Gasteiger partial charge in [-0.15, -0.1) is 0 Å². The van der Waals surface area contributed by atoms with Gasteiger partial charge in [0.25, 0.3) is 0 Å². The Balaban J connectivity index is 2.54. The van der Waals surface area contributed by atoms with Crippen LogP contribution in [0.1, 0.15) is 58.4 Å². The number of carboxylic acid groups (broad SMARTS) is 1. The van der Waals surface area contributed by atoms with E-state index >= 15 is 0 Å². The van der Waals surface area contributed by atoms with Gasteiger partial charge >= 0.3 is 14.8 Å². The first kappa shape index (κ1) is 25.4. The molecule has 0 atom stereocenters. The first-order chi connectivity index (χ1) is 14.0. The summed E-state index contributed by atoms with van der Waals surface area (Å²) in [6.45, 7) is 7.63. The zero-order valence-corrected chi connectivity index (χ0v) is 19.2. The number of para-hydroxylation sites is 1. The summed E-state index contributed by atoms with van der Waals surface area (Å²) in [5.41, 5.74) is 1.18. The van der Waals surface area contributed by atoms with E-state index in [1.54, 1.807) is 13.2 Å². The number of carboxylic acids is 1. The molecule has 7 heteroatoms. The van der Waals surface area contributed by atoms with Gasteiger partial charge in [0.2, 0.25) is 0 Å². The third-order valence-corrected chi connectivity index (χ3v) is 7.67. The molecule has 0 fully saturated rings. The van der Waals surface area contributed by atoms with Crippen molar-refractivity contribution < 1.29 is 27.9 Å². The Morgan fingerprint density at radius 1 is 0.966 bits per heavy atom. The van der Waals surface area contributed by atoms with E-state index in [0.29, 0.717) is 37.6 Å². The summed E-state index contributed by atoms with van der Waals surface area (Å²) >= 11 is 0. The van der Waals surface area contributed by atoms with Crippen molar-refractivity contribution >= 4 is 20.8 Å². The Morgan fingerprint density at radius 3 is 2.10 bits per heavy atom. The normalized spacial score (nSPS) is 12.2. The molecule has 1 N–H and O–H groups in total. The molecule has 0 aromatic heterocycles. The summed E-state index contributed by atoms with van der Waals surface area (Å²) in [6.07, 6.45) is 5.94. The largest absolute Gasteiger partial charge is 0.500 e. The molecule has 0 bridgehead atoms. The van der Waals surface area contributed by atoms with Crippen LogP contribution in [-0.4, -0.2) is 46.8 Å². The van der Waals surface area contributed by atoms with Crippen molar-refractivity contribution in [1.29, 1.82) is 0 Å². The second-order valence-electron chi connectivity index (χ2n) is 6.61. The van der Waals surface area contributed by atoms with E-state index in [4.69, 9.17) is 18.0 Å². The van der Waals surface area contributed by atoms with Crippen molar-refractivity contribution in [3.8, 4) is 5.75 Å². The monoisotopic (exact) mass is 424 g/mol. The maximum atomic E-state index is 11.6. The van der Waals surface area contributed by atoms with Crippen LogP contribution in [-0.2, 0) is 18.1 Å². The highest BCUT2D eigenvalue weighted by Crippen LogP contribution is 2.24. The lowest BCUT2D eigenvalue weighted by atomic mass is 10.0. The summed E-state index contributed by atoms with van der Waals surface area (Å²) in [6, 6.07) is 8.23. The number of carbonyl (C=O) groups is 1. The molecule has 0 aliphatic rings. The number of rotatable bonds is 16. The molecule has 0 saturated heterocycles. The highest BCUT2D eigenvalue weighted by atomic mass is 28.4.